The van der Waals surface area contributed by atoms with Gasteiger partial charge in [-0.15, -0.1) is 0 Å². The highest BCUT2D eigenvalue weighted by atomic mass is 32.2. The van der Waals surface area contributed by atoms with Gasteiger partial charge in [0.2, 0.25) is 10.0 Å². The van der Waals surface area contributed by atoms with Gasteiger partial charge in [-0.2, -0.15) is 0 Å². The van der Waals surface area contributed by atoms with E-state index in [0.29, 0.717) is 0 Å². The molecule has 1 aromatic carbocycles. The number of sulfonamides is 1. The minimum atomic E-state index is -3.29. The summed E-state index contributed by atoms with van der Waals surface area (Å²) in [7, 11) is -3.29. The Bertz CT molecular complexity index is 513. The minimum Gasteiger partial charge on any atom is -0.329 e. The van der Waals surface area contributed by atoms with E-state index in [1.807, 2.05) is 12.1 Å². The van der Waals surface area contributed by atoms with E-state index in [-0.39, 0.29) is 12.6 Å². The van der Waals surface area contributed by atoms with Crippen LogP contribution in [-0.4, -0.2) is 26.3 Å². The van der Waals surface area contributed by atoms with Crippen molar-refractivity contribution < 1.29 is 8.42 Å². The Morgan fingerprint density at radius 2 is 2.06 bits per heavy atom. The zero-order chi connectivity index (χ0) is 13.2. The van der Waals surface area contributed by atoms with Crippen molar-refractivity contribution in [3.8, 4) is 0 Å². The number of fused-ring (bicyclic) bond motifs is 1. The van der Waals surface area contributed by atoms with E-state index in [0.717, 1.165) is 19.3 Å². The summed E-state index contributed by atoms with van der Waals surface area (Å²) in [5, 5.41) is -0.533. The van der Waals surface area contributed by atoms with Crippen LogP contribution in [0.15, 0.2) is 24.3 Å². The molecule has 4 nitrogen and oxygen atoms in total. The largest absolute Gasteiger partial charge is 0.329 e. The lowest BCUT2D eigenvalue weighted by Crippen LogP contribution is -2.44. The number of nitrogens with one attached hydrogen (secondary N) is 1. The van der Waals surface area contributed by atoms with E-state index in [4.69, 9.17) is 5.73 Å². The molecule has 0 bridgehead atoms. The molecule has 1 aliphatic carbocycles. The molecule has 1 aromatic rings. The van der Waals surface area contributed by atoms with Crippen molar-refractivity contribution in [2.45, 2.75) is 37.5 Å². The molecule has 0 heterocycles. The topological polar surface area (TPSA) is 72.2 Å². The predicted molar refractivity (Wildman–Crippen MR) is 72.8 cm³/mol. The third-order valence-corrected chi connectivity index (χ3v) is 5.45. The van der Waals surface area contributed by atoms with E-state index in [1.54, 1.807) is 6.92 Å². The fourth-order valence-corrected chi connectivity index (χ4v) is 3.42. The second kappa shape index (κ2) is 5.38. The summed E-state index contributed by atoms with van der Waals surface area (Å²) < 4.78 is 26.7. The molecule has 0 fully saturated rings. The minimum absolute atomic E-state index is 0.00102. The molecule has 2 atom stereocenters. The van der Waals surface area contributed by atoms with Crippen LogP contribution in [0.4, 0.5) is 0 Å². The third kappa shape index (κ3) is 2.91. The highest BCUT2D eigenvalue weighted by Crippen LogP contribution is 2.21. The average molecular weight is 268 g/mol. The molecule has 5 heteroatoms. The van der Waals surface area contributed by atoms with Gasteiger partial charge in [0.15, 0.2) is 0 Å². The molecule has 0 aromatic heterocycles. The van der Waals surface area contributed by atoms with Crippen molar-refractivity contribution in [2.24, 2.45) is 5.73 Å². The van der Waals surface area contributed by atoms with Crippen LogP contribution in [0, 0.1) is 0 Å². The average Bonchev–Trinajstić information content (AvgIpc) is 2.37. The van der Waals surface area contributed by atoms with E-state index in [9.17, 15) is 8.42 Å². The van der Waals surface area contributed by atoms with Crippen molar-refractivity contribution in [2.75, 3.05) is 6.54 Å². The van der Waals surface area contributed by atoms with Gasteiger partial charge in [0.1, 0.15) is 0 Å². The normalized spacial score (nSPS) is 21.3. The van der Waals surface area contributed by atoms with Gasteiger partial charge in [-0.1, -0.05) is 24.3 Å². The molecule has 0 radical (unpaired) electrons. The van der Waals surface area contributed by atoms with E-state index < -0.39 is 15.3 Å². The van der Waals surface area contributed by atoms with Gasteiger partial charge >= 0.3 is 0 Å². The Hall–Kier alpha value is -0.910. The van der Waals surface area contributed by atoms with Gasteiger partial charge in [-0.25, -0.2) is 13.1 Å². The lowest BCUT2D eigenvalue weighted by atomic mass is 9.89. The van der Waals surface area contributed by atoms with Gasteiger partial charge in [0.05, 0.1) is 5.25 Å². The van der Waals surface area contributed by atoms with Crippen LogP contribution in [0.1, 0.15) is 24.5 Å². The Morgan fingerprint density at radius 1 is 1.39 bits per heavy atom. The SMILES string of the molecule is CC(CN)S(=O)(=O)NC1CCc2ccccc2C1. The number of rotatable bonds is 4. The van der Waals surface area contributed by atoms with Crippen LogP contribution in [0.5, 0.6) is 0 Å². The van der Waals surface area contributed by atoms with Crippen LogP contribution in [0.25, 0.3) is 0 Å². The molecular weight excluding hydrogens is 248 g/mol. The van der Waals surface area contributed by atoms with Crippen molar-refractivity contribution in [3.05, 3.63) is 35.4 Å². The van der Waals surface area contributed by atoms with Crippen molar-refractivity contribution in [1.29, 1.82) is 0 Å². The maximum absolute atomic E-state index is 12.0. The lowest BCUT2D eigenvalue weighted by molar-refractivity contribution is 0.501. The highest BCUT2D eigenvalue weighted by Gasteiger charge is 2.26. The Morgan fingerprint density at radius 3 is 2.72 bits per heavy atom. The lowest BCUT2D eigenvalue weighted by Gasteiger charge is -2.26. The van der Waals surface area contributed by atoms with E-state index in [1.165, 1.54) is 11.1 Å². The van der Waals surface area contributed by atoms with Crippen molar-refractivity contribution in [3.63, 3.8) is 0 Å². The molecule has 0 saturated carbocycles. The van der Waals surface area contributed by atoms with Gasteiger partial charge in [-0.05, 0) is 37.3 Å². The molecular formula is C13H20N2O2S. The fourth-order valence-electron chi connectivity index (χ4n) is 2.27. The summed E-state index contributed by atoms with van der Waals surface area (Å²) in [5.41, 5.74) is 8.00. The van der Waals surface area contributed by atoms with Gasteiger partial charge < -0.3 is 5.73 Å². The van der Waals surface area contributed by atoms with Crippen LogP contribution < -0.4 is 10.5 Å². The van der Waals surface area contributed by atoms with Crippen molar-refractivity contribution in [1.82, 2.24) is 4.72 Å². The molecule has 1 aliphatic rings. The van der Waals surface area contributed by atoms with E-state index in [2.05, 4.69) is 16.9 Å². The van der Waals surface area contributed by atoms with Gasteiger partial charge in [0, 0.05) is 12.6 Å². The fraction of sp³-hybridized carbons (Fsp3) is 0.538. The first kappa shape index (κ1) is 13.5. The zero-order valence-electron chi connectivity index (χ0n) is 10.6. The van der Waals surface area contributed by atoms with Gasteiger partial charge in [0.25, 0.3) is 0 Å². The summed E-state index contributed by atoms with van der Waals surface area (Å²) in [5.74, 6) is 0. The molecule has 0 aliphatic heterocycles. The Labute approximate surface area is 109 Å². The number of hydrogen-bond acceptors (Lipinski definition) is 3. The number of aryl methyl sites for hydroxylation is 1. The zero-order valence-corrected chi connectivity index (χ0v) is 11.4. The molecule has 2 rings (SSSR count). The van der Waals surface area contributed by atoms with Crippen LogP contribution in [0.2, 0.25) is 0 Å². The third-order valence-electron chi connectivity index (χ3n) is 3.54. The Balaban J connectivity index is 2.06. The molecule has 2 unspecified atom stereocenters. The maximum atomic E-state index is 12.0. The smallest absolute Gasteiger partial charge is 0.215 e. The number of hydrogen-bond donors (Lipinski definition) is 2. The predicted octanol–water partition coefficient (Wildman–Crippen LogP) is 0.811. The summed E-state index contributed by atoms with van der Waals surface area (Å²) in [4.78, 5) is 0. The van der Waals surface area contributed by atoms with Crippen LogP contribution >= 0.6 is 0 Å². The summed E-state index contributed by atoms with van der Waals surface area (Å²) in [6, 6.07) is 8.21. The molecule has 0 amide bonds. The monoisotopic (exact) mass is 268 g/mol. The molecule has 100 valence electrons. The molecule has 3 N–H and O–H groups in total. The first-order valence-corrected chi connectivity index (χ1v) is 7.85. The molecule has 18 heavy (non-hydrogen) atoms. The van der Waals surface area contributed by atoms with Gasteiger partial charge in [-0.3, -0.25) is 0 Å². The van der Waals surface area contributed by atoms with E-state index >= 15 is 0 Å². The number of nitrogens with two attached hydrogens (primary N) is 1. The standard InChI is InChI=1S/C13H20N2O2S/c1-10(9-14)18(16,17)15-13-7-6-11-4-2-3-5-12(11)8-13/h2-5,10,13,15H,6-9,14H2,1H3. The second-order valence-corrected chi connectivity index (χ2v) is 7.05. The molecule has 0 saturated heterocycles. The summed E-state index contributed by atoms with van der Waals surface area (Å²) in [6.45, 7) is 1.79. The summed E-state index contributed by atoms with van der Waals surface area (Å²) >= 11 is 0. The Kier molecular flexibility index (Phi) is 4.04. The van der Waals surface area contributed by atoms with Crippen LogP contribution in [0.3, 0.4) is 0 Å². The quantitative estimate of drug-likeness (QED) is 0.849. The van der Waals surface area contributed by atoms with Crippen molar-refractivity contribution >= 4 is 10.0 Å². The second-order valence-electron chi connectivity index (χ2n) is 4.92. The first-order chi connectivity index (χ1) is 8.53. The first-order valence-electron chi connectivity index (χ1n) is 6.31. The number of benzene rings is 1. The highest BCUT2D eigenvalue weighted by molar-refractivity contribution is 7.90. The van der Waals surface area contributed by atoms with Crippen LogP contribution in [-0.2, 0) is 22.9 Å². The maximum Gasteiger partial charge on any atom is 0.215 e. The molecule has 0 spiro atoms. The summed E-state index contributed by atoms with van der Waals surface area (Å²) in [6.07, 6.45) is 2.56.